The maximum absolute atomic E-state index is 9.91. The zero-order valence-corrected chi connectivity index (χ0v) is 18.8. The van der Waals surface area contributed by atoms with E-state index in [4.69, 9.17) is 0 Å². The molecule has 0 aromatic heterocycles. The molecular formula is C23H33N5OS. The van der Waals surface area contributed by atoms with E-state index in [1.54, 1.807) is 18.0 Å². The second-order valence-corrected chi connectivity index (χ2v) is 9.07. The highest BCUT2D eigenvalue weighted by molar-refractivity contribution is 7.99. The van der Waals surface area contributed by atoms with Crippen LogP contribution in [0.2, 0.25) is 0 Å². The Bertz CT molecular complexity index is 863. The Labute approximate surface area is 183 Å². The third kappa shape index (κ3) is 4.45. The lowest BCUT2D eigenvalue weighted by molar-refractivity contribution is 0.187. The highest BCUT2D eigenvalue weighted by atomic mass is 32.2. The average Bonchev–Trinajstić information content (AvgIpc) is 3.25. The summed E-state index contributed by atoms with van der Waals surface area (Å²) in [7, 11) is 2.11. The molecule has 0 radical (unpaired) electrons. The molecule has 2 heterocycles. The first-order valence-corrected chi connectivity index (χ1v) is 11.9. The molecule has 0 aliphatic carbocycles. The Hall–Kier alpha value is -1.77. The summed E-state index contributed by atoms with van der Waals surface area (Å²) in [5, 5.41) is 17.6. The summed E-state index contributed by atoms with van der Waals surface area (Å²) in [6, 6.07) is 15.0. The maximum Gasteiger partial charge on any atom is 0.115 e. The van der Waals surface area contributed by atoms with Crippen molar-refractivity contribution in [2.45, 2.75) is 44.6 Å². The van der Waals surface area contributed by atoms with Crippen LogP contribution in [0, 0.1) is 5.92 Å². The van der Waals surface area contributed by atoms with E-state index in [-0.39, 0.29) is 12.2 Å². The number of phenols is 1. The van der Waals surface area contributed by atoms with E-state index in [0.29, 0.717) is 17.7 Å². The molecule has 0 spiro atoms. The fraction of sp³-hybridized carbons (Fsp3) is 0.478. The third-order valence-corrected chi connectivity index (χ3v) is 7.19. The number of nitrogens with one attached hydrogen (secondary N) is 4. The molecule has 0 amide bonds. The molecular weight excluding hydrogens is 394 g/mol. The summed E-state index contributed by atoms with van der Waals surface area (Å²) < 4.78 is 2.21. The highest BCUT2D eigenvalue weighted by Gasteiger charge is 2.41. The summed E-state index contributed by atoms with van der Waals surface area (Å²) in [4.78, 5) is 0. The number of rotatable bonds is 7. The number of piperidine rings is 1. The number of para-hydroxylation sites is 1. The van der Waals surface area contributed by atoms with Gasteiger partial charge in [-0.3, -0.25) is 21.5 Å². The van der Waals surface area contributed by atoms with Gasteiger partial charge in [-0.1, -0.05) is 43.1 Å². The number of aromatic hydroxyl groups is 1. The molecule has 7 heteroatoms. The van der Waals surface area contributed by atoms with Crippen LogP contribution < -0.4 is 25.8 Å². The predicted octanol–water partition coefficient (Wildman–Crippen LogP) is 2.91. The van der Waals surface area contributed by atoms with Gasteiger partial charge in [-0.15, -0.1) is 0 Å². The van der Waals surface area contributed by atoms with E-state index in [1.165, 1.54) is 22.4 Å². The monoisotopic (exact) mass is 427 g/mol. The molecule has 2 fully saturated rings. The van der Waals surface area contributed by atoms with Crippen molar-refractivity contribution in [3.63, 3.8) is 0 Å². The molecule has 2 aliphatic rings. The smallest absolute Gasteiger partial charge is 0.115 e. The van der Waals surface area contributed by atoms with Crippen LogP contribution in [0.15, 0.2) is 42.5 Å². The number of nitrogens with zero attached hydrogens (tertiary/aromatic N) is 1. The van der Waals surface area contributed by atoms with Gasteiger partial charge in [-0.05, 0) is 47.7 Å². The molecule has 5 N–H and O–H groups in total. The number of hydrogen-bond donors (Lipinski definition) is 5. The quantitative estimate of drug-likeness (QED) is 0.435. The molecule has 2 aromatic rings. The number of phenolic OH excluding ortho intramolecular Hbond substituents is 1. The Morgan fingerprint density at radius 1 is 1.20 bits per heavy atom. The zero-order valence-electron chi connectivity index (χ0n) is 18.0. The second-order valence-electron chi connectivity index (χ2n) is 8.15. The molecule has 6 nitrogen and oxygen atoms in total. The Morgan fingerprint density at radius 2 is 2.03 bits per heavy atom. The van der Waals surface area contributed by atoms with Crippen molar-refractivity contribution in [1.82, 2.24) is 21.5 Å². The van der Waals surface area contributed by atoms with Crippen molar-refractivity contribution in [3.8, 4) is 5.75 Å². The van der Waals surface area contributed by atoms with E-state index in [2.05, 4.69) is 76.3 Å². The first-order chi connectivity index (χ1) is 14.6. The zero-order chi connectivity index (χ0) is 21.1. The number of fused-ring (bicyclic) bond motifs is 1. The van der Waals surface area contributed by atoms with Gasteiger partial charge in [0.1, 0.15) is 5.75 Å². The van der Waals surface area contributed by atoms with Crippen LogP contribution in [0.3, 0.4) is 0 Å². The Balaban J connectivity index is 1.53. The maximum atomic E-state index is 9.91. The SMILES string of the molecule is CCc1cc(O)ccc1C1CC2NNCC2C(NCc2ccccc2N(C)SC)N1. The van der Waals surface area contributed by atoms with Crippen LogP contribution in [0.5, 0.6) is 5.75 Å². The van der Waals surface area contributed by atoms with Crippen LogP contribution in [0.25, 0.3) is 0 Å². The minimum absolute atomic E-state index is 0.197. The van der Waals surface area contributed by atoms with Crippen LogP contribution in [0.1, 0.15) is 36.1 Å². The van der Waals surface area contributed by atoms with Crippen molar-refractivity contribution in [3.05, 3.63) is 59.2 Å². The van der Waals surface area contributed by atoms with Crippen molar-refractivity contribution >= 4 is 17.6 Å². The standard InChI is InChI=1S/C23H33N5OS/c1-4-15-11-17(29)9-10-18(15)20-12-21-19(14-25-27-21)23(26-20)24-13-16-7-5-6-8-22(16)28(2)30-3/h5-11,19-21,23-27,29H,4,12-14H2,1-3H3. The predicted molar refractivity (Wildman–Crippen MR) is 125 cm³/mol. The molecule has 4 unspecified atom stereocenters. The molecule has 2 saturated heterocycles. The fourth-order valence-corrected chi connectivity index (χ4v) is 5.13. The van der Waals surface area contributed by atoms with Gasteiger partial charge in [0, 0.05) is 44.4 Å². The minimum atomic E-state index is 0.197. The van der Waals surface area contributed by atoms with Gasteiger partial charge in [0.25, 0.3) is 0 Å². The molecule has 2 aromatic carbocycles. The molecule has 0 bridgehead atoms. The number of benzene rings is 2. The number of hydrazine groups is 1. The van der Waals surface area contributed by atoms with Crippen LogP contribution in [-0.4, -0.2) is 37.2 Å². The summed E-state index contributed by atoms with van der Waals surface area (Å²) in [5.41, 5.74) is 11.9. The second kappa shape index (κ2) is 9.58. The lowest BCUT2D eigenvalue weighted by atomic mass is 9.83. The summed E-state index contributed by atoms with van der Waals surface area (Å²) in [5.74, 6) is 0.822. The van der Waals surface area contributed by atoms with E-state index < -0.39 is 0 Å². The molecule has 0 saturated carbocycles. The third-order valence-electron chi connectivity index (χ3n) is 6.44. The number of aryl methyl sites for hydroxylation is 1. The number of anilines is 1. The molecule has 4 atom stereocenters. The summed E-state index contributed by atoms with van der Waals surface area (Å²) in [6.07, 6.45) is 4.23. The van der Waals surface area contributed by atoms with Gasteiger partial charge in [-0.25, -0.2) is 0 Å². The first kappa shape index (κ1) is 21.5. The van der Waals surface area contributed by atoms with Crippen LogP contribution >= 0.6 is 11.9 Å². The molecule has 2 aliphatic heterocycles. The highest BCUT2D eigenvalue weighted by Crippen LogP contribution is 2.34. The fourth-order valence-electron chi connectivity index (χ4n) is 4.75. The van der Waals surface area contributed by atoms with E-state index >= 15 is 0 Å². The lowest BCUT2D eigenvalue weighted by Crippen LogP contribution is -2.57. The average molecular weight is 428 g/mol. The Morgan fingerprint density at radius 3 is 2.83 bits per heavy atom. The Kier molecular flexibility index (Phi) is 6.85. The first-order valence-electron chi connectivity index (χ1n) is 10.8. The van der Waals surface area contributed by atoms with Crippen molar-refractivity contribution in [2.24, 2.45) is 5.92 Å². The van der Waals surface area contributed by atoms with E-state index in [0.717, 1.165) is 25.9 Å². The molecule has 4 rings (SSSR count). The minimum Gasteiger partial charge on any atom is -0.508 e. The van der Waals surface area contributed by atoms with Gasteiger partial charge in [0.15, 0.2) is 0 Å². The lowest BCUT2D eigenvalue weighted by Gasteiger charge is -2.40. The summed E-state index contributed by atoms with van der Waals surface area (Å²) in [6.45, 7) is 3.91. The molecule has 162 valence electrons. The van der Waals surface area contributed by atoms with Crippen LogP contribution in [-0.2, 0) is 13.0 Å². The van der Waals surface area contributed by atoms with Gasteiger partial charge in [0.2, 0.25) is 0 Å². The van der Waals surface area contributed by atoms with Gasteiger partial charge < -0.3 is 9.41 Å². The van der Waals surface area contributed by atoms with Crippen LogP contribution in [0.4, 0.5) is 5.69 Å². The van der Waals surface area contributed by atoms with Gasteiger partial charge in [0.05, 0.1) is 11.9 Å². The molecule has 30 heavy (non-hydrogen) atoms. The van der Waals surface area contributed by atoms with Crippen molar-refractivity contribution in [1.29, 1.82) is 0 Å². The van der Waals surface area contributed by atoms with Crippen molar-refractivity contribution < 1.29 is 5.11 Å². The van der Waals surface area contributed by atoms with Gasteiger partial charge in [-0.2, -0.15) is 0 Å². The van der Waals surface area contributed by atoms with E-state index in [9.17, 15) is 5.11 Å². The largest absolute Gasteiger partial charge is 0.508 e. The van der Waals surface area contributed by atoms with Crippen molar-refractivity contribution in [2.75, 3.05) is 24.2 Å². The summed E-state index contributed by atoms with van der Waals surface area (Å²) >= 11 is 1.72. The van der Waals surface area contributed by atoms with Gasteiger partial charge >= 0.3 is 0 Å². The topological polar surface area (TPSA) is 71.6 Å². The number of hydrogen-bond acceptors (Lipinski definition) is 7. The normalized spacial score (nSPS) is 25.8. The van der Waals surface area contributed by atoms with E-state index in [1.807, 2.05) is 6.07 Å².